The molecule has 0 saturated carbocycles. The van der Waals surface area contributed by atoms with E-state index in [-0.39, 0.29) is 12.0 Å². The summed E-state index contributed by atoms with van der Waals surface area (Å²) in [5.74, 6) is 0.470. The summed E-state index contributed by atoms with van der Waals surface area (Å²) in [6.45, 7) is 2.73. The predicted molar refractivity (Wildman–Crippen MR) is 79.6 cm³/mol. The molecule has 22 heavy (non-hydrogen) atoms. The van der Waals surface area contributed by atoms with Crippen LogP contribution in [-0.2, 0) is 20.9 Å². The largest absolute Gasteiger partial charge is 0.468 e. The molecule has 1 saturated heterocycles. The zero-order valence-electron chi connectivity index (χ0n) is 12.5. The number of esters is 1. The first-order valence-corrected chi connectivity index (χ1v) is 7.45. The lowest BCUT2D eigenvalue weighted by Gasteiger charge is -2.21. The van der Waals surface area contributed by atoms with E-state index in [0.29, 0.717) is 19.6 Å². The number of furan rings is 1. The summed E-state index contributed by atoms with van der Waals surface area (Å²) in [4.78, 5) is 17.8. The van der Waals surface area contributed by atoms with Crippen LogP contribution < -0.4 is 0 Å². The van der Waals surface area contributed by atoms with Crippen molar-refractivity contribution in [1.29, 1.82) is 0 Å². The van der Waals surface area contributed by atoms with Gasteiger partial charge in [-0.05, 0) is 24.6 Å². The van der Waals surface area contributed by atoms with Crippen LogP contribution in [0, 0.1) is 0 Å². The Morgan fingerprint density at radius 1 is 1.27 bits per heavy atom. The van der Waals surface area contributed by atoms with Crippen molar-refractivity contribution in [2.45, 2.75) is 32.0 Å². The monoisotopic (exact) mass is 301 g/mol. The average Bonchev–Trinajstić information content (AvgIpc) is 3.17. The molecule has 0 unspecified atom stereocenters. The van der Waals surface area contributed by atoms with Gasteiger partial charge in [-0.3, -0.25) is 4.84 Å². The molecule has 1 aliphatic rings. The highest BCUT2D eigenvalue weighted by atomic mass is 16.7. The van der Waals surface area contributed by atoms with Crippen LogP contribution in [0.4, 0.5) is 0 Å². The maximum atomic E-state index is 12.0. The zero-order chi connectivity index (χ0) is 15.4. The highest BCUT2D eigenvalue weighted by Crippen LogP contribution is 2.36. The molecule has 116 valence electrons. The van der Waals surface area contributed by atoms with Crippen LogP contribution in [-0.4, -0.2) is 23.7 Å². The van der Waals surface area contributed by atoms with Crippen LogP contribution in [0.25, 0.3) is 0 Å². The molecule has 0 bridgehead atoms. The molecule has 0 N–H and O–H groups in total. The number of benzene rings is 1. The average molecular weight is 301 g/mol. The number of hydroxylamine groups is 2. The van der Waals surface area contributed by atoms with Crippen LogP contribution in [0.3, 0.4) is 0 Å². The first kappa shape index (κ1) is 14.8. The molecular weight excluding hydrogens is 282 g/mol. The minimum absolute atomic E-state index is 0.0930. The van der Waals surface area contributed by atoms with Crippen molar-refractivity contribution >= 4 is 5.97 Å². The van der Waals surface area contributed by atoms with E-state index in [1.165, 1.54) is 0 Å². The van der Waals surface area contributed by atoms with Gasteiger partial charge in [0.25, 0.3) is 0 Å². The second kappa shape index (κ2) is 6.77. The summed E-state index contributed by atoms with van der Waals surface area (Å²) in [5.41, 5.74) is 1.11. The third kappa shape index (κ3) is 3.21. The number of hydrogen-bond donors (Lipinski definition) is 0. The summed E-state index contributed by atoms with van der Waals surface area (Å²) >= 11 is 0. The number of hydrogen-bond acceptors (Lipinski definition) is 5. The van der Waals surface area contributed by atoms with E-state index in [9.17, 15) is 4.79 Å². The maximum Gasteiger partial charge on any atom is 0.337 e. The fraction of sp³-hybridized carbons (Fsp3) is 0.353. The van der Waals surface area contributed by atoms with Gasteiger partial charge < -0.3 is 9.15 Å². The van der Waals surface area contributed by atoms with Gasteiger partial charge in [0.1, 0.15) is 5.76 Å². The Morgan fingerprint density at radius 3 is 2.77 bits per heavy atom. The van der Waals surface area contributed by atoms with Crippen molar-refractivity contribution in [3.05, 3.63) is 60.1 Å². The van der Waals surface area contributed by atoms with Crippen molar-refractivity contribution < 1.29 is 18.8 Å². The molecule has 1 aromatic heterocycles. The Labute approximate surface area is 129 Å². The quantitative estimate of drug-likeness (QED) is 0.794. The Kier molecular flexibility index (Phi) is 4.56. The second-order valence-electron chi connectivity index (χ2n) is 5.17. The number of nitrogens with zero attached hydrogens (tertiary/aromatic N) is 1. The molecule has 2 atom stereocenters. The van der Waals surface area contributed by atoms with E-state index in [1.54, 1.807) is 18.3 Å². The number of carbonyl (C=O) groups excluding carboxylic acids is 1. The molecule has 2 aromatic rings. The van der Waals surface area contributed by atoms with E-state index >= 15 is 0 Å². The number of carbonyl (C=O) groups is 1. The van der Waals surface area contributed by atoms with Crippen molar-refractivity contribution in [2.24, 2.45) is 0 Å². The molecule has 2 heterocycles. The molecule has 0 spiro atoms. The number of rotatable bonds is 5. The Morgan fingerprint density at radius 2 is 2.09 bits per heavy atom. The van der Waals surface area contributed by atoms with Crippen LogP contribution in [0.2, 0.25) is 0 Å². The first-order chi connectivity index (χ1) is 10.8. The summed E-state index contributed by atoms with van der Waals surface area (Å²) < 4.78 is 10.6. The molecule has 1 aromatic carbocycles. The highest BCUT2D eigenvalue weighted by Gasteiger charge is 2.40. The summed E-state index contributed by atoms with van der Waals surface area (Å²) in [6, 6.07) is 13.6. The smallest absolute Gasteiger partial charge is 0.337 e. The van der Waals surface area contributed by atoms with Gasteiger partial charge in [0.2, 0.25) is 0 Å². The van der Waals surface area contributed by atoms with Crippen molar-refractivity contribution in [1.82, 2.24) is 5.06 Å². The summed E-state index contributed by atoms with van der Waals surface area (Å²) in [7, 11) is 0. The van der Waals surface area contributed by atoms with Gasteiger partial charge in [-0.1, -0.05) is 30.3 Å². The third-order valence-electron chi connectivity index (χ3n) is 3.65. The van der Waals surface area contributed by atoms with E-state index in [4.69, 9.17) is 14.0 Å². The molecule has 5 heteroatoms. The summed E-state index contributed by atoms with van der Waals surface area (Å²) in [6.07, 6.45) is 1.58. The normalized spacial score (nSPS) is 21.9. The van der Waals surface area contributed by atoms with Gasteiger partial charge in [0.15, 0.2) is 6.10 Å². The molecule has 5 nitrogen and oxygen atoms in total. The fourth-order valence-electron chi connectivity index (χ4n) is 2.62. The Balaban J connectivity index is 1.77. The Hall–Kier alpha value is -2.11. The molecule has 3 rings (SSSR count). The Bertz CT molecular complexity index is 596. The molecule has 0 aliphatic carbocycles. The molecule has 1 fully saturated rings. The van der Waals surface area contributed by atoms with Crippen LogP contribution in [0.1, 0.15) is 30.7 Å². The standard InChI is InChI=1S/C17H19NO4/c1-2-20-17(19)16-11-14(15-9-6-10-21-15)18(22-16)12-13-7-4-3-5-8-13/h3-10,14,16H,2,11-12H2,1H3/t14-,16-/m1/s1. The zero-order valence-corrected chi connectivity index (χ0v) is 12.5. The van der Waals surface area contributed by atoms with E-state index in [1.807, 2.05) is 42.5 Å². The molecule has 0 radical (unpaired) electrons. The summed E-state index contributed by atoms with van der Waals surface area (Å²) in [5, 5.41) is 1.80. The van der Waals surface area contributed by atoms with Gasteiger partial charge in [0, 0.05) is 13.0 Å². The highest BCUT2D eigenvalue weighted by molar-refractivity contribution is 5.75. The lowest BCUT2D eigenvalue weighted by Crippen LogP contribution is -2.26. The van der Waals surface area contributed by atoms with Gasteiger partial charge in [0.05, 0.1) is 18.9 Å². The molecular formula is C17H19NO4. The van der Waals surface area contributed by atoms with Gasteiger partial charge >= 0.3 is 5.97 Å². The van der Waals surface area contributed by atoms with Gasteiger partial charge in [-0.2, -0.15) is 5.06 Å². The fourth-order valence-corrected chi connectivity index (χ4v) is 2.62. The van der Waals surface area contributed by atoms with E-state index < -0.39 is 6.10 Å². The maximum absolute atomic E-state index is 12.0. The minimum Gasteiger partial charge on any atom is -0.468 e. The minimum atomic E-state index is -0.584. The third-order valence-corrected chi connectivity index (χ3v) is 3.65. The second-order valence-corrected chi connectivity index (χ2v) is 5.17. The van der Waals surface area contributed by atoms with E-state index in [0.717, 1.165) is 11.3 Å². The first-order valence-electron chi connectivity index (χ1n) is 7.45. The van der Waals surface area contributed by atoms with Gasteiger partial charge in [-0.25, -0.2) is 4.79 Å². The van der Waals surface area contributed by atoms with Crippen LogP contribution >= 0.6 is 0 Å². The van der Waals surface area contributed by atoms with Crippen LogP contribution in [0.15, 0.2) is 53.1 Å². The van der Waals surface area contributed by atoms with Crippen molar-refractivity contribution in [3.8, 4) is 0 Å². The van der Waals surface area contributed by atoms with Crippen molar-refractivity contribution in [2.75, 3.05) is 6.61 Å². The predicted octanol–water partition coefficient (Wildman–Crippen LogP) is 3.09. The number of ether oxygens (including phenoxy) is 1. The lowest BCUT2D eigenvalue weighted by molar-refractivity contribution is -0.194. The molecule has 0 amide bonds. The topological polar surface area (TPSA) is 51.9 Å². The van der Waals surface area contributed by atoms with Gasteiger partial charge in [-0.15, -0.1) is 0 Å². The molecule has 1 aliphatic heterocycles. The van der Waals surface area contributed by atoms with Crippen LogP contribution in [0.5, 0.6) is 0 Å². The van der Waals surface area contributed by atoms with E-state index in [2.05, 4.69) is 0 Å². The lowest BCUT2D eigenvalue weighted by atomic mass is 10.1. The van der Waals surface area contributed by atoms with Crippen molar-refractivity contribution in [3.63, 3.8) is 0 Å². The SMILES string of the molecule is CCOC(=O)[C@H]1C[C@H](c2ccco2)N(Cc2ccccc2)O1.